The first-order valence-electron chi connectivity index (χ1n) is 8.73. The van der Waals surface area contributed by atoms with Gasteiger partial charge in [0.05, 0.1) is 9.92 Å². The van der Waals surface area contributed by atoms with Crippen molar-refractivity contribution in [1.29, 1.82) is 0 Å². The zero-order chi connectivity index (χ0) is 22.1. The summed E-state index contributed by atoms with van der Waals surface area (Å²) < 4.78 is 37.9. The lowest BCUT2D eigenvalue weighted by molar-refractivity contribution is -0.159. The smallest absolute Gasteiger partial charge is 0.246 e. The van der Waals surface area contributed by atoms with E-state index in [-0.39, 0.29) is 22.8 Å². The Morgan fingerprint density at radius 3 is 2.57 bits per heavy atom. The van der Waals surface area contributed by atoms with Crippen LogP contribution in [0.25, 0.3) is 22.3 Å². The van der Waals surface area contributed by atoms with Gasteiger partial charge < -0.3 is 0 Å². The third kappa shape index (κ3) is 4.71. The Balaban J connectivity index is 2.20. The van der Waals surface area contributed by atoms with Crippen LogP contribution in [-0.4, -0.2) is 31.6 Å². The van der Waals surface area contributed by atoms with Crippen molar-refractivity contribution in [3.63, 3.8) is 0 Å². The number of nitrogens with zero attached hydrogens (tertiary/aromatic N) is 1. The van der Waals surface area contributed by atoms with Crippen LogP contribution < -0.4 is 5.14 Å². The van der Waals surface area contributed by atoms with Gasteiger partial charge in [-0.3, -0.25) is 10.0 Å². The zero-order valence-corrected chi connectivity index (χ0v) is 18.2. The second-order valence-electron chi connectivity index (χ2n) is 6.53. The van der Waals surface area contributed by atoms with Gasteiger partial charge in [-0.05, 0) is 35.6 Å². The maximum absolute atomic E-state index is 13.7. The lowest BCUT2D eigenvalue weighted by Gasteiger charge is -2.13. The Bertz CT molecular complexity index is 1210. The fourth-order valence-electron chi connectivity index (χ4n) is 3.07. The molecular formula is C20H18ClFN2O4S2. The minimum atomic E-state index is -4.00. The van der Waals surface area contributed by atoms with Gasteiger partial charge in [0.15, 0.2) is 0 Å². The summed E-state index contributed by atoms with van der Waals surface area (Å²) in [7, 11) is -2.76. The maximum atomic E-state index is 13.7. The number of primary sulfonamides is 1. The summed E-state index contributed by atoms with van der Waals surface area (Å²) in [6, 6.07) is 10.5. The number of carbonyl (C=O) groups is 1. The normalized spacial score (nSPS) is 11.5. The predicted octanol–water partition coefficient (Wildman–Crippen LogP) is 4.30. The molecule has 0 radical (unpaired) electrons. The molecule has 0 unspecified atom stereocenters. The highest BCUT2D eigenvalue weighted by Crippen LogP contribution is 2.42. The molecule has 0 fully saturated rings. The number of thiophene rings is 1. The van der Waals surface area contributed by atoms with E-state index in [0.29, 0.717) is 27.3 Å². The first-order valence-corrected chi connectivity index (χ1v) is 11.5. The van der Waals surface area contributed by atoms with Crippen LogP contribution in [0.2, 0.25) is 5.02 Å². The van der Waals surface area contributed by atoms with Crippen molar-refractivity contribution in [1.82, 2.24) is 5.06 Å². The van der Waals surface area contributed by atoms with Crippen LogP contribution in [0.15, 0.2) is 52.7 Å². The molecule has 3 aromatic rings. The Kier molecular flexibility index (Phi) is 6.59. The summed E-state index contributed by atoms with van der Waals surface area (Å²) in [4.78, 5) is 12.5. The molecule has 1 aromatic heterocycles. The van der Waals surface area contributed by atoms with Gasteiger partial charge in [-0.1, -0.05) is 35.9 Å². The van der Waals surface area contributed by atoms with E-state index in [0.717, 1.165) is 4.88 Å². The Morgan fingerprint density at radius 1 is 1.23 bits per heavy atom. The molecule has 0 saturated heterocycles. The Morgan fingerprint density at radius 2 is 1.93 bits per heavy atom. The van der Waals surface area contributed by atoms with E-state index < -0.39 is 21.7 Å². The molecule has 6 nitrogen and oxygen atoms in total. The van der Waals surface area contributed by atoms with E-state index in [1.54, 1.807) is 23.6 Å². The topological polar surface area (TPSA) is 101 Å². The van der Waals surface area contributed by atoms with E-state index >= 15 is 0 Å². The summed E-state index contributed by atoms with van der Waals surface area (Å²) in [6.45, 7) is 0. The zero-order valence-electron chi connectivity index (χ0n) is 15.8. The number of halogens is 2. The quantitative estimate of drug-likeness (QED) is 0.416. The monoisotopic (exact) mass is 468 g/mol. The Hall–Kier alpha value is -2.30. The van der Waals surface area contributed by atoms with Crippen molar-refractivity contribution >= 4 is 38.9 Å². The van der Waals surface area contributed by atoms with Gasteiger partial charge in [0.1, 0.15) is 5.82 Å². The molecule has 3 N–H and O–H groups in total. The van der Waals surface area contributed by atoms with Crippen LogP contribution >= 0.6 is 22.9 Å². The molecule has 0 saturated carbocycles. The van der Waals surface area contributed by atoms with Gasteiger partial charge in [-0.25, -0.2) is 23.0 Å². The van der Waals surface area contributed by atoms with Gasteiger partial charge in [-0.15, -0.1) is 11.3 Å². The number of hydrogen-bond acceptors (Lipinski definition) is 5. The summed E-state index contributed by atoms with van der Waals surface area (Å²) in [5.74, 6) is -1.06. The van der Waals surface area contributed by atoms with Gasteiger partial charge in [0.2, 0.25) is 15.9 Å². The molecule has 10 heteroatoms. The average molecular weight is 469 g/mol. The third-order valence-corrected chi connectivity index (χ3v) is 6.79. The van der Waals surface area contributed by atoms with Crippen LogP contribution in [0.1, 0.15) is 11.3 Å². The maximum Gasteiger partial charge on any atom is 0.246 e. The number of aryl methyl sites for hydroxylation is 1. The van der Waals surface area contributed by atoms with Crippen LogP contribution in [0.3, 0.4) is 0 Å². The van der Waals surface area contributed by atoms with Crippen molar-refractivity contribution in [3.05, 3.63) is 63.6 Å². The van der Waals surface area contributed by atoms with Crippen molar-refractivity contribution in [2.75, 3.05) is 7.05 Å². The largest absolute Gasteiger partial charge is 0.286 e. The highest BCUT2D eigenvalue weighted by atomic mass is 35.5. The Labute approximate surface area is 182 Å². The fourth-order valence-corrected chi connectivity index (χ4v) is 5.07. The molecule has 0 bridgehead atoms. The minimum Gasteiger partial charge on any atom is -0.286 e. The van der Waals surface area contributed by atoms with Crippen LogP contribution in [-0.2, 0) is 21.2 Å². The average Bonchev–Trinajstić information content (AvgIpc) is 3.11. The number of sulfonamides is 1. The fraction of sp³-hybridized carbons (Fsp3) is 0.150. The molecule has 158 valence electrons. The first-order chi connectivity index (χ1) is 14.1. The molecule has 0 aliphatic rings. The van der Waals surface area contributed by atoms with E-state index in [9.17, 15) is 22.8 Å². The van der Waals surface area contributed by atoms with Crippen LogP contribution in [0.4, 0.5) is 4.39 Å². The molecule has 0 spiro atoms. The molecule has 3 rings (SSSR count). The number of nitrogens with two attached hydrogens (primary N) is 1. The summed E-state index contributed by atoms with van der Waals surface area (Å²) >= 11 is 7.30. The van der Waals surface area contributed by atoms with Crippen molar-refractivity contribution in [2.45, 2.75) is 17.7 Å². The van der Waals surface area contributed by atoms with Crippen LogP contribution in [0.5, 0.6) is 0 Å². The van der Waals surface area contributed by atoms with Gasteiger partial charge in [0.25, 0.3) is 0 Å². The van der Waals surface area contributed by atoms with Crippen molar-refractivity contribution in [3.8, 4) is 22.3 Å². The highest BCUT2D eigenvalue weighted by Gasteiger charge is 2.22. The molecule has 0 atom stereocenters. The van der Waals surface area contributed by atoms with E-state index in [1.165, 1.54) is 42.6 Å². The lowest BCUT2D eigenvalue weighted by atomic mass is 9.95. The molecule has 1 heterocycles. The van der Waals surface area contributed by atoms with E-state index in [2.05, 4.69) is 0 Å². The molecule has 30 heavy (non-hydrogen) atoms. The van der Waals surface area contributed by atoms with Crippen molar-refractivity contribution < 1.29 is 22.8 Å². The SMILES string of the molecule is CN(O)C(=O)CCc1scc(-c2ccccc2S(N)(=O)=O)c1-c1ccc(F)c(Cl)c1. The third-order valence-electron chi connectivity index (χ3n) is 4.49. The molecule has 0 aliphatic carbocycles. The second-order valence-corrected chi connectivity index (χ2v) is 9.44. The summed E-state index contributed by atoms with van der Waals surface area (Å²) in [6.07, 6.45) is 0.321. The predicted molar refractivity (Wildman–Crippen MR) is 114 cm³/mol. The van der Waals surface area contributed by atoms with Gasteiger partial charge >= 0.3 is 0 Å². The van der Waals surface area contributed by atoms with E-state index in [1.807, 2.05) is 0 Å². The number of hydroxylamine groups is 2. The number of rotatable bonds is 6. The standard InChI is InChI=1S/C20H18ClFN2O4S2/c1-24(26)19(25)9-8-17-20(12-6-7-16(22)15(21)10-12)14(11-29-17)13-4-2-3-5-18(13)30(23,27)28/h2-7,10-11,26H,8-9H2,1H3,(H2,23,27,28). The molecule has 1 amide bonds. The first kappa shape index (κ1) is 22.4. The highest BCUT2D eigenvalue weighted by molar-refractivity contribution is 7.89. The lowest BCUT2D eigenvalue weighted by Crippen LogP contribution is -2.22. The van der Waals surface area contributed by atoms with E-state index in [4.69, 9.17) is 16.7 Å². The molecular weight excluding hydrogens is 451 g/mol. The molecule has 0 aliphatic heterocycles. The van der Waals surface area contributed by atoms with Crippen molar-refractivity contribution in [2.24, 2.45) is 5.14 Å². The minimum absolute atomic E-state index is 0.0334. The second kappa shape index (κ2) is 8.83. The summed E-state index contributed by atoms with van der Waals surface area (Å²) in [5, 5.41) is 16.9. The molecule has 2 aromatic carbocycles. The number of benzene rings is 2. The van der Waals surface area contributed by atoms with Gasteiger partial charge in [-0.2, -0.15) is 0 Å². The van der Waals surface area contributed by atoms with Gasteiger partial charge in [0, 0.05) is 35.0 Å². The number of carbonyl (C=O) groups excluding carboxylic acids is 1. The van der Waals surface area contributed by atoms with Crippen LogP contribution in [0, 0.1) is 5.82 Å². The summed E-state index contributed by atoms with van der Waals surface area (Å²) in [5.41, 5.74) is 2.17. The number of amides is 1. The number of hydrogen-bond donors (Lipinski definition) is 2.